The molecule has 0 amide bonds. The highest BCUT2D eigenvalue weighted by Gasteiger charge is 2.23. The van der Waals surface area contributed by atoms with Crippen molar-refractivity contribution in [1.82, 2.24) is 10.3 Å². The van der Waals surface area contributed by atoms with E-state index in [1.807, 2.05) is 7.05 Å². The van der Waals surface area contributed by atoms with Gasteiger partial charge in [-0.15, -0.1) is 0 Å². The first-order valence-electron chi connectivity index (χ1n) is 4.32. The molecule has 1 aromatic rings. The highest BCUT2D eigenvalue weighted by atomic mass is 19.1. The van der Waals surface area contributed by atoms with E-state index in [0.717, 1.165) is 6.54 Å². The summed E-state index contributed by atoms with van der Waals surface area (Å²) in [7, 11) is 1.85. The van der Waals surface area contributed by atoms with Crippen molar-refractivity contribution in [3.05, 3.63) is 17.8 Å². The molecular formula is C9H15FN2O. The van der Waals surface area contributed by atoms with E-state index >= 15 is 0 Å². The number of nitrogens with zero attached hydrogens (tertiary/aromatic N) is 1. The zero-order valence-electron chi connectivity index (χ0n) is 8.22. The summed E-state index contributed by atoms with van der Waals surface area (Å²) in [5, 5.41) is 2.97. The van der Waals surface area contributed by atoms with Gasteiger partial charge in [0.2, 0.25) is 0 Å². The number of nitrogens with one attached hydrogen (secondary N) is 1. The van der Waals surface area contributed by atoms with E-state index in [2.05, 4.69) is 10.3 Å². The molecule has 1 N–H and O–H groups in total. The maximum atomic E-state index is 13.3. The van der Waals surface area contributed by atoms with Crippen molar-refractivity contribution in [2.24, 2.45) is 0 Å². The van der Waals surface area contributed by atoms with Crippen molar-refractivity contribution in [2.75, 3.05) is 13.6 Å². The molecular weight excluding hydrogens is 171 g/mol. The maximum absolute atomic E-state index is 13.3. The van der Waals surface area contributed by atoms with E-state index in [1.54, 1.807) is 0 Å². The summed E-state index contributed by atoms with van der Waals surface area (Å²) in [4.78, 5) is 4.04. The number of alkyl halides is 1. The van der Waals surface area contributed by atoms with Gasteiger partial charge in [0.15, 0.2) is 5.89 Å². The fraction of sp³-hybridized carbons (Fsp3) is 0.667. The van der Waals surface area contributed by atoms with Gasteiger partial charge in [-0.1, -0.05) is 0 Å². The van der Waals surface area contributed by atoms with Gasteiger partial charge in [-0.3, -0.25) is 0 Å². The molecule has 0 unspecified atom stereocenters. The molecule has 0 spiro atoms. The fourth-order valence-electron chi connectivity index (χ4n) is 0.931. The first kappa shape index (κ1) is 10.2. The van der Waals surface area contributed by atoms with E-state index in [9.17, 15) is 4.39 Å². The third kappa shape index (κ3) is 2.81. The lowest BCUT2D eigenvalue weighted by molar-refractivity contribution is 0.214. The highest BCUT2D eigenvalue weighted by Crippen LogP contribution is 2.23. The van der Waals surface area contributed by atoms with Crippen LogP contribution in [0.1, 0.15) is 25.4 Å². The van der Waals surface area contributed by atoms with Crippen LogP contribution in [-0.2, 0) is 12.1 Å². The zero-order chi connectivity index (χ0) is 9.90. The van der Waals surface area contributed by atoms with Crippen molar-refractivity contribution in [3.63, 3.8) is 0 Å². The Balaban J connectivity index is 2.64. The minimum Gasteiger partial charge on any atom is -0.449 e. The molecule has 0 aliphatic carbocycles. The molecule has 0 aromatic carbocycles. The van der Waals surface area contributed by atoms with Crippen LogP contribution in [0, 0.1) is 0 Å². The average molecular weight is 186 g/mol. The molecule has 1 aromatic heterocycles. The second-order valence-electron chi connectivity index (χ2n) is 3.45. The Kier molecular flexibility index (Phi) is 3.03. The molecule has 13 heavy (non-hydrogen) atoms. The van der Waals surface area contributed by atoms with E-state index in [0.29, 0.717) is 18.0 Å². The molecule has 0 radical (unpaired) electrons. The molecule has 0 bridgehead atoms. The van der Waals surface area contributed by atoms with E-state index in [1.165, 1.54) is 20.1 Å². The Morgan fingerprint density at radius 3 is 2.77 bits per heavy atom. The Morgan fingerprint density at radius 1 is 1.62 bits per heavy atom. The van der Waals surface area contributed by atoms with Crippen LogP contribution in [0.15, 0.2) is 10.7 Å². The van der Waals surface area contributed by atoms with Crippen LogP contribution < -0.4 is 5.32 Å². The topological polar surface area (TPSA) is 38.1 Å². The summed E-state index contributed by atoms with van der Waals surface area (Å²) in [6, 6.07) is 0. The lowest BCUT2D eigenvalue weighted by Crippen LogP contribution is -2.12. The molecule has 0 aliphatic rings. The van der Waals surface area contributed by atoms with Gasteiger partial charge < -0.3 is 9.73 Å². The van der Waals surface area contributed by atoms with Crippen molar-refractivity contribution in [2.45, 2.75) is 25.9 Å². The molecule has 0 atom stereocenters. The van der Waals surface area contributed by atoms with Gasteiger partial charge in [0, 0.05) is 13.0 Å². The summed E-state index contributed by atoms with van der Waals surface area (Å²) >= 11 is 0. The molecule has 4 heteroatoms. The minimum atomic E-state index is -1.42. The number of oxazole rings is 1. The smallest absolute Gasteiger partial charge is 0.195 e. The lowest BCUT2D eigenvalue weighted by Gasteiger charge is -2.07. The molecule has 0 saturated carbocycles. The van der Waals surface area contributed by atoms with Crippen LogP contribution in [0.3, 0.4) is 0 Å². The average Bonchev–Trinajstić information content (AvgIpc) is 2.47. The van der Waals surface area contributed by atoms with Gasteiger partial charge in [-0.2, -0.15) is 0 Å². The Hall–Kier alpha value is -0.900. The van der Waals surface area contributed by atoms with Gasteiger partial charge in [-0.05, 0) is 20.9 Å². The lowest BCUT2D eigenvalue weighted by atomic mass is 10.1. The van der Waals surface area contributed by atoms with E-state index in [-0.39, 0.29) is 0 Å². The van der Waals surface area contributed by atoms with Gasteiger partial charge in [-0.25, -0.2) is 9.37 Å². The SMILES string of the molecule is CNCCc1nc(C(C)(C)F)co1. The molecule has 1 rings (SSSR count). The van der Waals surface area contributed by atoms with Crippen LogP contribution in [0.4, 0.5) is 4.39 Å². The van der Waals surface area contributed by atoms with Crippen LogP contribution in [0.5, 0.6) is 0 Å². The standard InChI is InChI=1S/C9H15FN2O/c1-9(2,10)7-6-13-8(12-7)4-5-11-3/h6,11H,4-5H2,1-3H3. The van der Waals surface area contributed by atoms with Crippen LogP contribution in [-0.4, -0.2) is 18.6 Å². The zero-order valence-corrected chi connectivity index (χ0v) is 8.22. The third-order valence-electron chi connectivity index (χ3n) is 1.75. The molecule has 74 valence electrons. The summed E-state index contributed by atoms with van der Waals surface area (Å²) in [6.45, 7) is 3.71. The molecule has 0 fully saturated rings. The van der Waals surface area contributed by atoms with Gasteiger partial charge in [0.1, 0.15) is 17.6 Å². The number of rotatable bonds is 4. The summed E-state index contributed by atoms with van der Waals surface area (Å²) in [6.07, 6.45) is 2.07. The first-order valence-corrected chi connectivity index (χ1v) is 4.32. The molecule has 0 saturated heterocycles. The van der Waals surface area contributed by atoms with Crippen LogP contribution >= 0.6 is 0 Å². The normalized spacial score (nSPS) is 12.0. The van der Waals surface area contributed by atoms with Crippen molar-refractivity contribution < 1.29 is 8.81 Å². The Labute approximate surface area is 77.4 Å². The summed E-state index contributed by atoms with van der Waals surface area (Å²) in [5.41, 5.74) is -1.06. The van der Waals surface area contributed by atoms with Gasteiger partial charge in [0.05, 0.1) is 0 Å². The van der Waals surface area contributed by atoms with Crippen molar-refractivity contribution >= 4 is 0 Å². The highest BCUT2D eigenvalue weighted by molar-refractivity contribution is 5.05. The first-order chi connectivity index (χ1) is 6.04. The minimum absolute atomic E-state index is 0.360. The van der Waals surface area contributed by atoms with Crippen molar-refractivity contribution in [1.29, 1.82) is 0 Å². The summed E-state index contributed by atoms with van der Waals surface area (Å²) in [5.74, 6) is 0.579. The predicted molar refractivity (Wildman–Crippen MR) is 48.3 cm³/mol. The van der Waals surface area contributed by atoms with E-state index < -0.39 is 5.67 Å². The number of hydrogen-bond donors (Lipinski definition) is 1. The predicted octanol–water partition coefficient (Wildman–Crippen LogP) is 1.64. The number of aromatic nitrogens is 1. The largest absolute Gasteiger partial charge is 0.449 e. The maximum Gasteiger partial charge on any atom is 0.195 e. The Morgan fingerprint density at radius 2 is 2.31 bits per heavy atom. The van der Waals surface area contributed by atoms with Gasteiger partial charge in [0.25, 0.3) is 0 Å². The van der Waals surface area contributed by atoms with Gasteiger partial charge >= 0.3 is 0 Å². The number of hydrogen-bond acceptors (Lipinski definition) is 3. The molecule has 1 heterocycles. The van der Waals surface area contributed by atoms with E-state index in [4.69, 9.17) is 4.42 Å². The van der Waals surface area contributed by atoms with Crippen LogP contribution in [0.25, 0.3) is 0 Å². The molecule has 3 nitrogen and oxygen atoms in total. The number of likely N-dealkylation sites (N-methyl/N-ethyl adjacent to an activating group) is 1. The quantitative estimate of drug-likeness (QED) is 0.776. The molecule has 0 aliphatic heterocycles. The third-order valence-corrected chi connectivity index (χ3v) is 1.75. The second kappa shape index (κ2) is 3.87. The monoisotopic (exact) mass is 186 g/mol. The van der Waals surface area contributed by atoms with Crippen LogP contribution in [0.2, 0.25) is 0 Å². The van der Waals surface area contributed by atoms with Crippen molar-refractivity contribution in [3.8, 4) is 0 Å². The Bertz CT molecular complexity index is 265. The second-order valence-corrected chi connectivity index (χ2v) is 3.45. The summed E-state index contributed by atoms with van der Waals surface area (Å²) < 4.78 is 18.4. The fourth-order valence-corrected chi connectivity index (χ4v) is 0.931. The number of halogens is 1.